The molecule has 1 heterocycles. The molecule has 1 atom stereocenters. The maximum atomic E-state index is 5.88. The molecule has 0 aromatic heterocycles. The number of nitrogens with zero attached hydrogens (tertiary/aromatic N) is 2. The highest BCUT2D eigenvalue weighted by Crippen LogP contribution is 2.48. The lowest BCUT2D eigenvalue weighted by Crippen LogP contribution is -2.55. The van der Waals surface area contributed by atoms with Crippen LogP contribution in [0.2, 0.25) is 0 Å². The third kappa shape index (κ3) is 1.31. The van der Waals surface area contributed by atoms with E-state index >= 15 is 0 Å². The van der Waals surface area contributed by atoms with Gasteiger partial charge < -0.3 is 10.6 Å². The number of nitrogens with two attached hydrogens (primary N) is 1. The maximum Gasteiger partial charge on any atom is 0.191 e. The van der Waals surface area contributed by atoms with Crippen molar-refractivity contribution in [3.8, 4) is 0 Å². The fourth-order valence-corrected chi connectivity index (χ4v) is 3.73. The molecule has 2 aliphatic rings. The first-order chi connectivity index (χ1) is 6.73. The van der Waals surface area contributed by atoms with Crippen molar-refractivity contribution in [2.45, 2.75) is 37.0 Å². The summed E-state index contributed by atoms with van der Waals surface area (Å²) >= 11 is 2.01. The molecule has 0 amide bonds. The van der Waals surface area contributed by atoms with Crippen LogP contribution < -0.4 is 5.73 Å². The smallest absolute Gasteiger partial charge is 0.191 e. The van der Waals surface area contributed by atoms with E-state index in [1.54, 1.807) is 0 Å². The monoisotopic (exact) mass is 213 g/mol. The van der Waals surface area contributed by atoms with Crippen LogP contribution in [-0.2, 0) is 0 Å². The molecule has 80 valence electrons. The van der Waals surface area contributed by atoms with Crippen molar-refractivity contribution in [1.82, 2.24) is 4.90 Å². The molecule has 1 saturated carbocycles. The Kier molecular flexibility index (Phi) is 2.64. The summed E-state index contributed by atoms with van der Waals surface area (Å²) in [4.78, 5) is 6.65. The predicted octanol–water partition coefficient (Wildman–Crippen LogP) is 1.29. The van der Waals surface area contributed by atoms with Crippen molar-refractivity contribution >= 4 is 17.7 Å². The van der Waals surface area contributed by atoms with E-state index in [-0.39, 0.29) is 0 Å². The van der Waals surface area contributed by atoms with Crippen molar-refractivity contribution in [2.75, 3.05) is 19.3 Å². The van der Waals surface area contributed by atoms with Crippen molar-refractivity contribution in [3.63, 3.8) is 0 Å². The fourth-order valence-electron chi connectivity index (χ4n) is 2.56. The second-order valence-electron chi connectivity index (χ2n) is 4.12. The van der Waals surface area contributed by atoms with Crippen molar-refractivity contribution in [3.05, 3.63) is 0 Å². The van der Waals surface area contributed by atoms with E-state index in [1.807, 2.05) is 11.8 Å². The van der Waals surface area contributed by atoms with E-state index < -0.39 is 0 Å². The van der Waals surface area contributed by atoms with Crippen LogP contribution in [0.25, 0.3) is 0 Å². The Balaban J connectivity index is 2.11. The van der Waals surface area contributed by atoms with Crippen LogP contribution in [0.5, 0.6) is 0 Å². The minimum Gasteiger partial charge on any atom is -0.370 e. The highest BCUT2D eigenvalue weighted by Gasteiger charge is 2.48. The van der Waals surface area contributed by atoms with Gasteiger partial charge in [-0.15, -0.1) is 0 Å². The topological polar surface area (TPSA) is 41.6 Å². The lowest BCUT2D eigenvalue weighted by Gasteiger charge is -2.48. The van der Waals surface area contributed by atoms with Gasteiger partial charge >= 0.3 is 0 Å². The van der Waals surface area contributed by atoms with Gasteiger partial charge in [-0.05, 0) is 26.0 Å². The van der Waals surface area contributed by atoms with Crippen LogP contribution in [-0.4, -0.2) is 41.0 Å². The van der Waals surface area contributed by atoms with Crippen LogP contribution in [0.3, 0.4) is 0 Å². The lowest BCUT2D eigenvalue weighted by molar-refractivity contribution is 0.208. The molecule has 1 fully saturated rings. The lowest BCUT2D eigenvalue weighted by atomic mass is 9.78. The summed E-state index contributed by atoms with van der Waals surface area (Å²) in [5, 5.41) is 0. The van der Waals surface area contributed by atoms with Gasteiger partial charge in [0.2, 0.25) is 0 Å². The van der Waals surface area contributed by atoms with Gasteiger partial charge in [0.25, 0.3) is 0 Å². The fraction of sp³-hybridized carbons (Fsp3) is 0.900. The molecule has 0 saturated heterocycles. The molecule has 1 unspecified atom stereocenters. The Morgan fingerprint density at radius 2 is 2.36 bits per heavy atom. The van der Waals surface area contributed by atoms with E-state index in [1.165, 1.54) is 19.3 Å². The van der Waals surface area contributed by atoms with E-state index in [2.05, 4.69) is 23.1 Å². The summed E-state index contributed by atoms with van der Waals surface area (Å²) in [6.07, 6.45) is 6.26. The van der Waals surface area contributed by atoms with E-state index in [4.69, 9.17) is 5.73 Å². The van der Waals surface area contributed by atoms with Crippen molar-refractivity contribution in [1.29, 1.82) is 0 Å². The van der Waals surface area contributed by atoms with Crippen molar-refractivity contribution < 1.29 is 0 Å². The Labute approximate surface area is 90.1 Å². The first-order valence-electron chi connectivity index (χ1n) is 5.35. The van der Waals surface area contributed by atoms with Gasteiger partial charge in [0.15, 0.2) is 5.96 Å². The summed E-state index contributed by atoms with van der Waals surface area (Å²) in [7, 11) is 0. The van der Waals surface area contributed by atoms with Crippen LogP contribution in [0.4, 0.5) is 0 Å². The van der Waals surface area contributed by atoms with Gasteiger partial charge in [0.1, 0.15) is 0 Å². The molecule has 0 spiro atoms. The normalized spacial score (nSPS) is 30.0. The number of hydrogen-bond donors (Lipinski definition) is 1. The Morgan fingerprint density at radius 1 is 1.64 bits per heavy atom. The first-order valence-corrected chi connectivity index (χ1v) is 6.57. The quantitative estimate of drug-likeness (QED) is 0.768. The molecule has 3 nitrogen and oxygen atoms in total. The minimum absolute atomic E-state index is 0.445. The van der Waals surface area contributed by atoms with E-state index in [0.717, 1.165) is 19.0 Å². The van der Waals surface area contributed by atoms with Gasteiger partial charge in [0.05, 0.1) is 12.6 Å². The van der Waals surface area contributed by atoms with Crippen LogP contribution in [0.15, 0.2) is 4.99 Å². The van der Waals surface area contributed by atoms with Crippen molar-refractivity contribution in [2.24, 2.45) is 10.7 Å². The molecule has 0 radical (unpaired) electrons. The third-order valence-electron chi connectivity index (χ3n) is 3.65. The molecular weight excluding hydrogens is 194 g/mol. The summed E-state index contributed by atoms with van der Waals surface area (Å²) in [6.45, 7) is 4.05. The zero-order valence-corrected chi connectivity index (χ0v) is 9.81. The second-order valence-corrected chi connectivity index (χ2v) is 5.34. The molecule has 1 aliphatic carbocycles. The van der Waals surface area contributed by atoms with Gasteiger partial charge in [0, 0.05) is 11.3 Å². The van der Waals surface area contributed by atoms with Gasteiger partial charge in [-0.3, -0.25) is 4.99 Å². The number of aliphatic imine (C=N–C) groups is 1. The molecule has 4 heteroatoms. The highest BCUT2D eigenvalue weighted by molar-refractivity contribution is 8.00. The Bertz CT molecular complexity index is 242. The van der Waals surface area contributed by atoms with Crippen LogP contribution >= 0.6 is 11.8 Å². The number of rotatable bonds is 3. The zero-order chi connectivity index (χ0) is 10.2. The summed E-state index contributed by atoms with van der Waals surface area (Å²) in [5.74, 6) is 0.748. The Hall–Kier alpha value is -0.380. The molecular formula is C10H19N3S. The summed E-state index contributed by atoms with van der Waals surface area (Å²) in [5.41, 5.74) is 5.88. The second kappa shape index (κ2) is 3.65. The van der Waals surface area contributed by atoms with Crippen LogP contribution in [0.1, 0.15) is 26.2 Å². The molecule has 14 heavy (non-hydrogen) atoms. The SMILES string of the molecule is CCN1C(N)=NCC1C1(SC)CCC1. The molecule has 1 aliphatic heterocycles. The number of thioether (sulfide) groups is 1. The van der Waals surface area contributed by atoms with Gasteiger partial charge in [-0.25, -0.2) is 0 Å². The van der Waals surface area contributed by atoms with E-state index in [9.17, 15) is 0 Å². The average Bonchev–Trinajstić information content (AvgIpc) is 2.47. The first kappa shape index (κ1) is 10.1. The molecule has 0 aromatic carbocycles. The summed E-state index contributed by atoms with van der Waals surface area (Å²) < 4.78 is 0.445. The highest BCUT2D eigenvalue weighted by atomic mass is 32.2. The van der Waals surface area contributed by atoms with Gasteiger partial charge in [-0.1, -0.05) is 6.42 Å². The minimum atomic E-state index is 0.445. The average molecular weight is 213 g/mol. The Morgan fingerprint density at radius 3 is 2.79 bits per heavy atom. The van der Waals surface area contributed by atoms with Gasteiger partial charge in [-0.2, -0.15) is 11.8 Å². The number of hydrogen-bond acceptors (Lipinski definition) is 4. The molecule has 2 rings (SSSR count). The zero-order valence-electron chi connectivity index (χ0n) is 8.99. The van der Waals surface area contributed by atoms with Crippen LogP contribution in [0, 0.1) is 0 Å². The maximum absolute atomic E-state index is 5.88. The third-order valence-corrected chi connectivity index (χ3v) is 5.14. The molecule has 2 N–H and O–H groups in total. The largest absolute Gasteiger partial charge is 0.370 e. The standard InChI is InChI=1S/C10H19N3S/c1-3-13-8(7-12-9(13)11)10(14-2)5-4-6-10/h8H,3-7H2,1-2H3,(H2,11,12). The summed E-state index contributed by atoms with van der Waals surface area (Å²) in [6, 6.07) is 0.552. The molecule has 0 bridgehead atoms. The number of guanidine groups is 1. The van der Waals surface area contributed by atoms with E-state index in [0.29, 0.717) is 10.8 Å². The number of likely N-dealkylation sites (N-methyl/N-ethyl adjacent to an activating group) is 1. The molecule has 0 aromatic rings. The predicted molar refractivity (Wildman–Crippen MR) is 62.8 cm³/mol.